The third-order valence-corrected chi connectivity index (χ3v) is 5.69. The van der Waals surface area contributed by atoms with Gasteiger partial charge in [0.25, 0.3) is 5.56 Å². The summed E-state index contributed by atoms with van der Waals surface area (Å²) in [5, 5.41) is 0.952. The molecule has 0 saturated carbocycles. The van der Waals surface area contributed by atoms with E-state index in [0.29, 0.717) is 37.4 Å². The summed E-state index contributed by atoms with van der Waals surface area (Å²) in [5.74, 6) is -0.0232. The van der Waals surface area contributed by atoms with Crippen LogP contribution in [0.2, 0.25) is 0 Å². The number of methoxy groups -OCH3 is 1. The molecule has 2 heterocycles. The fourth-order valence-electron chi connectivity index (χ4n) is 3.97. The lowest BCUT2D eigenvalue weighted by Gasteiger charge is -2.36. The molecule has 2 aromatic carbocycles. The number of nitrogens with zero attached hydrogens (tertiary/aromatic N) is 1. The summed E-state index contributed by atoms with van der Waals surface area (Å²) in [4.78, 5) is 12.7. The molecule has 1 saturated heterocycles. The maximum atomic E-state index is 14.3. The van der Waals surface area contributed by atoms with Crippen LogP contribution in [-0.4, -0.2) is 24.9 Å². The molecule has 0 radical (unpaired) electrons. The van der Waals surface area contributed by atoms with E-state index >= 15 is 0 Å². The summed E-state index contributed by atoms with van der Waals surface area (Å²) in [7, 11) is 3.37. The number of fused-ring (bicyclic) bond motifs is 1. The first-order valence-electron chi connectivity index (χ1n) is 9.67. The Labute approximate surface area is 168 Å². The minimum atomic E-state index is -0.586. The second-order valence-electron chi connectivity index (χ2n) is 7.37. The van der Waals surface area contributed by atoms with Gasteiger partial charge in [-0.05, 0) is 35.2 Å². The zero-order valence-corrected chi connectivity index (χ0v) is 16.6. The van der Waals surface area contributed by atoms with E-state index in [1.165, 1.54) is 12.1 Å². The minimum Gasteiger partial charge on any atom is -0.489 e. The van der Waals surface area contributed by atoms with Crippen LogP contribution in [0.25, 0.3) is 10.9 Å². The number of aryl methyl sites for hydroxylation is 1. The average Bonchev–Trinajstić information content (AvgIpc) is 2.75. The van der Waals surface area contributed by atoms with E-state index < -0.39 is 11.4 Å². The highest BCUT2D eigenvalue weighted by Gasteiger charge is 2.35. The average molecular weight is 397 g/mol. The lowest BCUT2D eigenvalue weighted by Crippen LogP contribution is -2.35. The van der Waals surface area contributed by atoms with E-state index in [4.69, 9.17) is 14.2 Å². The Kier molecular flexibility index (Phi) is 5.39. The first-order valence-corrected chi connectivity index (χ1v) is 9.67. The zero-order chi connectivity index (χ0) is 20.4. The SMILES string of the molecule is COC1(c2cc(F)cc(OCc3cc4ccccc4n(C)c3=O)c2)CCOCC1. The third kappa shape index (κ3) is 3.78. The van der Waals surface area contributed by atoms with Crippen molar-refractivity contribution in [3.05, 3.63) is 75.8 Å². The number of pyridine rings is 1. The quantitative estimate of drug-likeness (QED) is 0.655. The Hall–Kier alpha value is -2.70. The molecule has 0 bridgehead atoms. The lowest BCUT2D eigenvalue weighted by atomic mass is 9.86. The van der Waals surface area contributed by atoms with Crippen molar-refractivity contribution in [2.45, 2.75) is 25.0 Å². The Morgan fingerprint density at radius 2 is 1.90 bits per heavy atom. The van der Waals surface area contributed by atoms with Crippen molar-refractivity contribution in [1.29, 1.82) is 0 Å². The highest BCUT2D eigenvalue weighted by Crippen LogP contribution is 2.37. The van der Waals surface area contributed by atoms with Crippen molar-refractivity contribution in [2.24, 2.45) is 7.05 Å². The second kappa shape index (κ2) is 7.97. The van der Waals surface area contributed by atoms with Gasteiger partial charge >= 0.3 is 0 Å². The smallest absolute Gasteiger partial charge is 0.257 e. The Bertz CT molecular complexity index is 1090. The van der Waals surface area contributed by atoms with Gasteiger partial charge in [-0.15, -0.1) is 0 Å². The number of rotatable bonds is 5. The summed E-state index contributed by atoms with van der Waals surface area (Å²) in [6.07, 6.45) is 1.30. The molecule has 3 aromatic rings. The number of halogens is 1. The predicted octanol–water partition coefficient (Wildman–Crippen LogP) is 3.91. The maximum Gasteiger partial charge on any atom is 0.257 e. The molecule has 29 heavy (non-hydrogen) atoms. The van der Waals surface area contributed by atoms with Crippen LogP contribution in [0.1, 0.15) is 24.0 Å². The summed E-state index contributed by atoms with van der Waals surface area (Å²) in [6, 6.07) is 14.1. The van der Waals surface area contributed by atoms with Crippen molar-refractivity contribution in [3.8, 4) is 5.75 Å². The van der Waals surface area contributed by atoms with Crippen molar-refractivity contribution in [3.63, 3.8) is 0 Å². The fraction of sp³-hybridized carbons (Fsp3) is 0.348. The third-order valence-electron chi connectivity index (χ3n) is 5.69. The molecule has 0 N–H and O–H groups in total. The van der Waals surface area contributed by atoms with E-state index in [2.05, 4.69) is 0 Å². The van der Waals surface area contributed by atoms with Crippen LogP contribution in [0, 0.1) is 5.82 Å². The van der Waals surface area contributed by atoms with Gasteiger partial charge in [-0.2, -0.15) is 0 Å². The molecule has 1 aliphatic heterocycles. The normalized spacial score (nSPS) is 16.1. The van der Waals surface area contributed by atoms with Gasteiger partial charge in [-0.1, -0.05) is 18.2 Å². The van der Waals surface area contributed by atoms with Crippen LogP contribution in [-0.2, 0) is 28.7 Å². The molecule has 0 amide bonds. The maximum absolute atomic E-state index is 14.3. The minimum absolute atomic E-state index is 0.0590. The predicted molar refractivity (Wildman–Crippen MR) is 109 cm³/mol. The van der Waals surface area contributed by atoms with Crippen molar-refractivity contribution in [2.75, 3.05) is 20.3 Å². The van der Waals surface area contributed by atoms with Gasteiger partial charge in [-0.3, -0.25) is 4.79 Å². The Balaban J connectivity index is 1.62. The largest absolute Gasteiger partial charge is 0.489 e. The molecule has 0 atom stereocenters. The standard InChI is InChI=1S/C23H24FNO4/c1-25-21-6-4-3-5-16(21)11-17(22(25)26)15-29-20-13-18(12-19(24)14-20)23(27-2)7-9-28-10-8-23/h3-6,11-14H,7-10,15H2,1-2H3. The number of aromatic nitrogens is 1. The fourth-order valence-corrected chi connectivity index (χ4v) is 3.97. The zero-order valence-electron chi connectivity index (χ0n) is 16.6. The van der Waals surface area contributed by atoms with Gasteiger partial charge in [0.2, 0.25) is 0 Å². The number of hydrogen-bond donors (Lipinski definition) is 0. The Morgan fingerprint density at radius 1 is 1.14 bits per heavy atom. The molecule has 0 spiro atoms. The number of para-hydroxylation sites is 1. The van der Waals surface area contributed by atoms with Gasteiger partial charge in [0.1, 0.15) is 18.2 Å². The Morgan fingerprint density at radius 3 is 2.66 bits per heavy atom. The molecule has 1 aromatic heterocycles. The molecule has 6 heteroatoms. The molecule has 5 nitrogen and oxygen atoms in total. The van der Waals surface area contributed by atoms with E-state index in [1.807, 2.05) is 30.3 Å². The van der Waals surface area contributed by atoms with Crippen LogP contribution in [0.4, 0.5) is 4.39 Å². The first-order chi connectivity index (χ1) is 14.0. The number of benzene rings is 2. The number of ether oxygens (including phenoxy) is 3. The van der Waals surface area contributed by atoms with E-state index in [9.17, 15) is 9.18 Å². The molecular weight excluding hydrogens is 373 g/mol. The van der Waals surface area contributed by atoms with Gasteiger partial charge < -0.3 is 18.8 Å². The lowest BCUT2D eigenvalue weighted by molar-refractivity contribution is -0.0950. The van der Waals surface area contributed by atoms with Crippen LogP contribution >= 0.6 is 0 Å². The van der Waals surface area contributed by atoms with E-state index in [0.717, 1.165) is 16.5 Å². The van der Waals surface area contributed by atoms with Crippen molar-refractivity contribution < 1.29 is 18.6 Å². The molecule has 152 valence electrons. The van der Waals surface area contributed by atoms with Crippen LogP contribution in [0.3, 0.4) is 0 Å². The van der Waals surface area contributed by atoms with Crippen molar-refractivity contribution >= 4 is 10.9 Å². The molecule has 1 aliphatic rings. The second-order valence-corrected chi connectivity index (χ2v) is 7.37. The van der Waals surface area contributed by atoms with Gasteiger partial charge in [-0.25, -0.2) is 4.39 Å². The van der Waals surface area contributed by atoms with Crippen LogP contribution < -0.4 is 10.3 Å². The molecular formula is C23H24FNO4. The molecule has 0 unspecified atom stereocenters. The summed E-state index contributed by atoms with van der Waals surface area (Å²) < 4.78 is 33.0. The molecule has 4 rings (SSSR count). The van der Waals surface area contributed by atoms with Crippen molar-refractivity contribution in [1.82, 2.24) is 4.57 Å². The van der Waals surface area contributed by atoms with Crippen LogP contribution in [0.15, 0.2) is 53.3 Å². The summed E-state index contributed by atoms with van der Waals surface area (Å²) in [5.41, 5.74) is 1.39. The van der Waals surface area contributed by atoms with Crippen LogP contribution in [0.5, 0.6) is 5.75 Å². The number of hydrogen-bond acceptors (Lipinski definition) is 4. The van der Waals surface area contributed by atoms with E-state index in [-0.39, 0.29) is 12.2 Å². The topological polar surface area (TPSA) is 49.7 Å². The molecule has 1 fully saturated rings. The highest BCUT2D eigenvalue weighted by molar-refractivity contribution is 5.79. The van der Waals surface area contributed by atoms with E-state index in [1.54, 1.807) is 24.8 Å². The highest BCUT2D eigenvalue weighted by atomic mass is 19.1. The molecule has 0 aliphatic carbocycles. The van der Waals surface area contributed by atoms with Gasteiger partial charge in [0.15, 0.2) is 0 Å². The summed E-state index contributed by atoms with van der Waals surface area (Å²) in [6.45, 7) is 1.19. The summed E-state index contributed by atoms with van der Waals surface area (Å²) >= 11 is 0. The first kappa shape index (κ1) is 19.6. The van der Waals surface area contributed by atoms with Gasteiger partial charge in [0, 0.05) is 46.3 Å². The van der Waals surface area contributed by atoms with Gasteiger partial charge in [0.05, 0.1) is 16.7 Å². The monoisotopic (exact) mass is 397 g/mol.